The molecule has 5 rings (SSSR count). The van der Waals surface area contributed by atoms with E-state index in [-0.39, 0.29) is 12.5 Å². The van der Waals surface area contributed by atoms with Crippen LogP contribution >= 0.6 is 11.6 Å². The molecule has 3 aromatic rings. The number of halogens is 1. The van der Waals surface area contributed by atoms with Gasteiger partial charge in [0.15, 0.2) is 5.65 Å². The maximum absolute atomic E-state index is 13.2. The molecule has 2 unspecified atom stereocenters. The number of allylic oxidation sites excluding steroid dienone is 1. The van der Waals surface area contributed by atoms with Gasteiger partial charge in [-0.1, -0.05) is 29.8 Å². The van der Waals surface area contributed by atoms with Gasteiger partial charge in [-0.05, 0) is 50.1 Å². The summed E-state index contributed by atoms with van der Waals surface area (Å²) in [5, 5.41) is 15.2. The quantitative estimate of drug-likeness (QED) is 0.278. The molecule has 192 valence electrons. The Labute approximate surface area is 219 Å². The fourth-order valence-corrected chi connectivity index (χ4v) is 4.95. The second-order valence-corrected chi connectivity index (χ2v) is 9.47. The summed E-state index contributed by atoms with van der Waals surface area (Å²) in [4.78, 5) is 34.0. The molecule has 2 atom stereocenters. The molecule has 0 spiro atoms. The van der Waals surface area contributed by atoms with Crippen molar-refractivity contribution < 1.29 is 14.3 Å². The molecule has 0 saturated carbocycles. The van der Waals surface area contributed by atoms with Gasteiger partial charge in [0.05, 0.1) is 11.6 Å². The van der Waals surface area contributed by atoms with Crippen LogP contribution in [0.4, 0.5) is 0 Å². The largest absolute Gasteiger partial charge is 0.460 e. The van der Waals surface area contributed by atoms with Crippen molar-refractivity contribution in [3.8, 4) is 0 Å². The summed E-state index contributed by atoms with van der Waals surface area (Å²) in [6, 6.07) is 12.3. The standard InChI is InChI=1S/C26H28ClN7O3/c1-17(16-37-25(36)19-6-3-2-4-7-19)30-24(35)21-9-13-29-26(27)34(21)33-14-10-18(11-15-33)22-20-8-5-12-28-23(20)32-31-22/h2-9,12-13,17-18,26H,10-11,14-16H2,1H3,(H,30,35)(H,28,31,32). The third kappa shape index (κ3) is 5.50. The summed E-state index contributed by atoms with van der Waals surface area (Å²) in [6.07, 6.45) is 6.64. The Morgan fingerprint density at radius 3 is 2.76 bits per heavy atom. The molecular formula is C26H28ClN7O3. The molecule has 2 aliphatic heterocycles. The summed E-state index contributed by atoms with van der Waals surface area (Å²) in [5.41, 5.74) is 1.94. The Morgan fingerprint density at radius 1 is 1.19 bits per heavy atom. The third-order valence-corrected chi connectivity index (χ3v) is 6.82. The van der Waals surface area contributed by atoms with Gasteiger partial charge in [0.25, 0.3) is 5.91 Å². The number of nitrogens with one attached hydrogen (secondary N) is 2. The molecule has 2 aliphatic rings. The molecule has 0 bridgehead atoms. The van der Waals surface area contributed by atoms with Crippen LogP contribution in [0.5, 0.6) is 0 Å². The van der Waals surface area contributed by atoms with E-state index in [0.29, 0.717) is 30.3 Å². The zero-order valence-corrected chi connectivity index (χ0v) is 21.1. The van der Waals surface area contributed by atoms with Crippen LogP contribution in [0.2, 0.25) is 0 Å². The second-order valence-electron chi connectivity index (χ2n) is 9.08. The Morgan fingerprint density at radius 2 is 1.97 bits per heavy atom. The van der Waals surface area contributed by atoms with Gasteiger partial charge in [-0.2, -0.15) is 5.10 Å². The Bertz CT molecular complexity index is 1320. The first-order chi connectivity index (χ1) is 18.0. The molecule has 2 N–H and O–H groups in total. The molecule has 4 heterocycles. The van der Waals surface area contributed by atoms with Gasteiger partial charge in [-0.15, -0.1) is 0 Å². The van der Waals surface area contributed by atoms with Crippen LogP contribution in [0.25, 0.3) is 11.0 Å². The van der Waals surface area contributed by atoms with Gasteiger partial charge >= 0.3 is 5.97 Å². The van der Waals surface area contributed by atoms with Gasteiger partial charge in [0, 0.05) is 42.5 Å². The van der Waals surface area contributed by atoms with Crippen molar-refractivity contribution in [2.75, 3.05) is 19.7 Å². The number of aromatic nitrogens is 3. The number of hydrogen-bond acceptors (Lipinski definition) is 8. The summed E-state index contributed by atoms with van der Waals surface area (Å²) in [5.74, 6) is -0.447. The topological polar surface area (TPSA) is 116 Å². The van der Waals surface area contributed by atoms with Crippen LogP contribution < -0.4 is 5.32 Å². The summed E-state index contributed by atoms with van der Waals surface area (Å²) in [6.45, 7) is 3.22. The second kappa shape index (κ2) is 11.1. The zero-order chi connectivity index (χ0) is 25.8. The number of fused-ring (bicyclic) bond motifs is 1. The molecule has 2 aromatic heterocycles. The number of nitrogens with zero attached hydrogens (tertiary/aromatic N) is 5. The van der Waals surface area contributed by atoms with Gasteiger partial charge < -0.3 is 10.1 Å². The average Bonchev–Trinajstić information content (AvgIpc) is 3.36. The minimum Gasteiger partial charge on any atom is -0.460 e. The number of piperidine rings is 1. The first-order valence-corrected chi connectivity index (χ1v) is 12.7. The van der Waals surface area contributed by atoms with Crippen LogP contribution in [0, 0.1) is 0 Å². The van der Waals surface area contributed by atoms with Crippen molar-refractivity contribution in [1.29, 1.82) is 0 Å². The van der Waals surface area contributed by atoms with Crippen molar-refractivity contribution in [2.24, 2.45) is 4.99 Å². The molecule has 1 amide bonds. The van der Waals surface area contributed by atoms with E-state index in [9.17, 15) is 9.59 Å². The predicted molar refractivity (Wildman–Crippen MR) is 140 cm³/mol. The number of rotatable bonds is 7. The lowest BCUT2D eigenvalue weighted by atomic mass is 9.92. The molecule has 1 saturated heterocycles. The first-order valence-electron chi connectivity index (χ1n) is 12.2. The molecule has 0 radical (unpaired) electrons. The minimum atomic E-state index is -0.731. The highest BCUT2D eigenvalue weighted by atomic mass is 35.5. The number of ether oxygens (including phenoxy) is 1. The Kier molecular flexibility index (Phi) is 7.47. The number of hydrogen-bond donors (Lipinski definition) is 2. The number of carbonyl (C=O) groups excluding carboxylic acids is 2. The lowest BCUT2D eigenvalue weighted by molar-refractivity contribution is -0.124. The van der Waals surface area contributed by atoms with E-state index in [1.807, 2.05) is 18.2 Å². The zero-order valence-electron chi connectivity index (χ0n) is 20.4. The number of alkyl halides is 1. The lowest BCUT2D eigenvalue weighted by Crippen LogP contribution is -2.53. The molecule has 1 fully saturated rings. The molecule has 0 aliphatic carbocycles. The number of amides is 1. The molecule has 11 heteroatoms. The molecule has 10 nitrogen and oxygen atoms in total. The summed E-state index contributed by atoms with van der Waals surface area (Å²) < 4.78 is 5.36. The van der Waals surface area contributed by atoms with Gasteiger partial charge in [-0.3, -0.25) is 19.9 Å². The molecule has 37 heavy (non-hydrogen) atoms. The van der Waals surface area contributed by atoms with Crippen molar-refractivity contribution in [3.63, 3.8) is 0 Å². The summed E-state index contributed by atoms with van der Waals surface area (Å²) >= 11 is 6.55. The number of aliphatic imine (C=N–C) groups is 1. The van der Waals surface area contributed by atoms with Gasteiger partial charge in [0.1, 0.15) is 12.3 Å². The Balaban J connectivity index is 1.19. The van der Waals surface area contributed by atoms with Crippen molar-refractivity contribution in [3.05, 3.63) is 71.7 Å². The highest BCUT2D eigenvalue weighted by molar-refractivity contribution is 6.21. The van der Waals surface area contributed by atoms with Crippen molar-refractivity contribution in [2.45, 2.75) is 37.4 Å². The van der Waals surface area contributed by atoms with E-state index >= 15 is 0 Å². The van der Waals surface area contributed by atoms with Crippen molar-refractivity contribution >= 4 is 40.7 Å². The highest BCUT2D eigenvalue weighted by Crippen LogP contribution is 2.33. The maximum Gasteiger partial charge on any atom is 0.338 e. The van der Waals surface area contributed by atoms with E-state index in [1.54, 1.807) is 54.7 Å². The normalized spacial score (nSPS) is 19.5. The van der Waals surface area contributed by atoms with Crippen molar-refractivity contribution in [1.82, 2.24) is 30.5 Å². The molecular weight excluding hydrogens is 494 g/mol. The predicted octanol–water partition coefficient (Wildman–Crippen LogP) is 3.21. The number of pyridine rings is 1. The van der Waals surface area contributed by atoms with Crippen LogP contribution in [-0.2, 0) is 9.53 Å². The molecule has 1 aromatic carbocycles. The third-order valence-electron chi connectivity index (χ3n) is 6.52. The monoisotopic (exact) mass is 521 g/mol. The lowest BCUT2D eigenvalue weighted by Gasteiger charge is -2.43. The SMILES string of the molecule is CC(COC(=O)c1ccccc1)NC(=O)C1=CC=NC(Cl)N1N1CCC(c2[nH]nc3ncccc23)CC1. The van der Waals surface area contributed by atoms with E-state index < -0.39 is 17.6 Å². The maximum atomic E-state index is 13.2. The van der Waals surface area contributed by atoms with Crippen LogP contribution in [0.1, 0.15) is 41.7 Å². The number of carbonyl (C=O) groups is 2. The fourth-order valence-electron chi connectivity index (χ4n) is 4.65. The first kappa shape index (κ1) is 24.9. The number of esters is 1. The summed E-state index contributed by atoms with van der Waals surface area (Å²) in [7, 11) is 0. The Hall–Kier alpha value is -3.76. The highest BCUT2D eigenvalue weighted by Gasteiger charge is 2.34. The number of benzene rings is 1. The van der Waals surface area contributed by atoms with Crippen LogP contribution in [-0.4, -0.2) is 74.7 Å². The number of hydrazine groups is 1. The smallest absolute Gasteiger partial charge is 0.338 e. The number of H-pyrrole nitrogens is 1. The van der Waals surface area contributed by atoms with Gasteiger partial charge in [-0.25, -0.2) is 14.8 Å². The average molecular weight is 522 g/mol. The fraction of sp³-hybridized carbons (Fsp3) is 0.346. The minimum absolute atomic E-state index is 0.0452. The van der Waals surface area contributed by atoms with Crippen LogP contribution in [0.15, 0.2) is 65.4 Å². The van der Waals surface area contributed by atoms with E-state index in [0.717, 1.165) is 29.6 Å². The van der Waals surface area contributed by atoms with E-state index in [1.165, 1.54) is 0 Å². The number of aromatic amines is 1. The van der Waals surface area contributed by atoms with Crippen LogP contribution in [0.3, 0.4) is 0 Å². The van der Waals surface area contributed by atoms with E-state index in [2.05, 4.69) is 30.5 Å². The van der Waals surface area contributed by atoms with E-state index in [4.69, 9.17) is 16.3 Å². The van der Waals surface area contributed by atoms with Gasteiger partial charge in [0.2, 0.25) is 5.62 Å².